The van der Waals surface area contributed by atoms with Gasteiger partial charge in [0, 0.05) is 27.4 Å². The van der Waals surface area contributed by atoms with Gasteiger partial charge in [-0.15, -0.1) is 0 Å². The van der Waals surface area contributed by atoms with Gasteiger partial charge in [0.05, 0.1) is 6.61 Å². The normalized spacial score (nSPS) is 14.2. The van der Waals surface area contributed by atoms with Gasteiger partial charge in [-0.2, -0.15) is 0 Å². The number of hydrogen-bond acceptors (Lipinski definition) is 3. The Bertz CT molecular complexity index is 368. The van der Waals surface area contributed by atoms with Crippen molar-refractivity contribution in [2.75, 3.05) is 40.5 Å². The van der Waals surface area contributed by atoms with Gasteiger partial charge in [0.1, 0.15) is 0 Å². The highest BCUT2D eigenvalue weighted by Crippen LogP contribution is 2.18. The largest absolute Gasteiger partial charge is 0.384 e. The summed E-state index contributed by atoms with van der Waals surface area (Å²) in [6, 6.07) is 8.78. The Kier molecular flexibility index (Phi) is 8.51. The second-order valence-corrected chi connectivity index (χ2v) is 5.58. The summed E-state index contributed by atoms with van der Waals surface area (Å²) in [7, 11) is 3.51. The maximum Gasteiger partial charge on any atom is 0.0587 e. The lowest BCUT2D eigenvalue weighted by Crippen LogP contribution is -2.32. The maximum absolute atomic E-state index is 5.32. The molecule has 2 unspecified atom stereocenters. The lowest BCUT2D eigenvalue weighted by atomic mass is 9.88. The number of methoxy groups -OCH3 is 2. The first-order valence-electron chi connectivity index (χ1n) is 7.41. The molecular weight excluding hydrogens is 250 g/mol. The van der Waals surface area contributed by atoms with Crippen molar-refractivity contribution in [3.63, 3.8) is 0 Å². The predicted octanol–water partition coefficient (Wildman–Crippen LogP) is 2.67. The van der Waals surface area contributed by atoms with E-state index in [0.29, 0.717) is 11.8 Å². The summed E-state index contributed by atoms with van der Waals surface area (Å²) in [4.78, 5) is 0. The third kappa shape index (κ3) is 6.51. The molecule has 0 fully saturated rings. The van der Waals surface area contributed by atoms with Gasteiger partial charge in [0.25, 0.3) is 0 Å². The van der Waals surface area contributed by atoms with Crippen molar-refractivity contribution in [1.82, 2.24) is 5.32 Å². The Morgan fingerprint density at radius 3 is 2.65 bits per heavy atom. The Balaban J connectivity index is 2.56. The molecule has 20 heavy (non-hydrogen) atoms. The third-order valence-corrected chi connectivity index (χ3v) is 3.70. The monoisotopic (exact) mass is 279 g/mol. The number of aryl methyl sites for hydroxylation is 1. The Morgan fingerprint density at radius 1 is 1.20 bits per heavy atom. The summed E-state index contributed by atoms with van der Waals surface area (Å²) in [6.07, 6.45) is 1.09. The van der Waals surface area contributed by atoms with Crippen LogP contribution in [0, 0.1) is 18.8 Å². The van der Waals surface area contributed by atoms with E-state index >= 15 is 0 Å². The van der Waals surface area contributed by atoms with Crippen LogP contribution in [0.5, 0.6) is 0 Å². The lowest BCUT2D eigenvalue weighted by molar-refractivity contribution is 0.126. The standard InChI is InChI=1S/C17H29NO2/c1-14-6-5-7-16(10-14)11-17(15(2)13-20-4)12-18-8-9-19-3/h5-7,10,15,17-18H,8-9,11-13H2,1-4H3. The van der Waals surface area contributed by atoms with Crippen LogP contribution in [0.3, 0.4) is 0 Å². The van der Waals surface area contributed by atoms with Crippen LogP contribution in [-0.2, 0) is 15.9 Å². The van der Waals surface area contributed by atoms with E-state index in [1.807, 2.05) is 0 Å². The molecule has 1 rings (SSSR count). The summed E-state index contributed by atoms with van der Waals surface area (Å²) >= 11 is 0. The van der Waals surface area contributed by atoms with E-state index in [4.69, 9.17) is 9.47 Å². The average Bonchev–Trinajstić information content (AvgIpc) is 2.42. The molecule has 0 aromatic heterocycles. The second-order valence-electron chi connectivity index (χ2n) is 5.58. The number of rotatable bonds is 10. The van der Waals surface area contributed by atoms with Crippen LogP contribution >= 0.6 is 0 Å². The fourth-order valence-electron chi connectivity index (χ4n) is 2.48. The van der Waals surface area contributed by atoms with Crippen molar-refractivity contribution in [3.05, 3.63) is 35.4 Å². The highest BCUT2D eigenvalue weighted by Gasteiger charge is 2.17. The summed E-state index contributed by atoms with van der Waals surface area (Å²) in [6.45, 7) is 7.89. The molecule has 0 heterocycles. The molecule has 3 heteroatoms. The predicted molar refractivity (Wildman–Crippen MR) is 84.2 cm³/mol. The van der Waals surface area contributed by atoms with E-state index < -0.39 is 0 Å². The van der Waals surface area contributed by atoms with E-state index in [1.54, 1.807) is 14.2 Å². The van der Waals surface area contributed by atoms with Crippen LogP contribution in [0.2, 0.25) is 0 Å². The van der Waals surface area contributed by atoms with E-state index in [1.165, 1.54) is 11.1 Å². The van der Waals surface area contributed by atoms with Crippen molar-refractivity contribution in [3.8, 4) is 0 Å². The highest BCUT2D eigenvalue weighted by molar-refractivity contribution is 5.22. The molecule has 1 N–H and O–H groups in total. The van der Waals surface area contributed by atoms with Crippen molar-refractivity contribution >= 4 is 0 Å². The highest BCUT2D eigenvalue weighted by atomic mass is 16.5. The SMILES string of the molecule is COCCNCC(Cc1cccc(C)c1)C(C)COC. The topological polar surface area (TPSA) is 30.5 Å². The van der Waals surface area contributed by atoms with Crippen molar-refractivity contribution in [1.29, 1.82) is 0 Å². The molecule has 0 aliphatic carbocycles. The quantitative estimate of drug-likeness (QED) is 0.668. The van der Waals surface area contributed by atoms with Crippen LogP contribution in [0.25, 0.3) is 0 Å². The number of benzene rings is 1. The summed E-state index contributed by atoms with van der Waals surface area (Å²) in [5.74, 6) is 1.11. The number of nitrogens with one attached hydrogen (secondary N) is 1. The van der Waals surface area contributed by atoms with Crippen LogP contribution in [0.1, 0.15) is 18.1 Å². The van der Waals surface area contributed by atoms with Crippen molar-refractivity contribution < 1.29 is 9.47 Å². The smallest absolute Gasteiger partial charge is 0.0587 e. The molecular formula is C17H29NO2. The van der Waals surface area contributed by atoms with E-state index in [9.17, 15) is 0 Å². The number of ether oxygens (including phenoxy) is 2. The summed E-state index contributed by atoms with van der Waals surface area (Å²) in [5.41, 5.74) is 2.74. The van der Waals surface area contributed by atoms with Crippen LogP contribution < -0.4 is 5.32 Å². The molecule has 0 spiro atoms. The molecule has 0 saturated carbocycles. The fraction of sp³-hybridized carbons (Fsp3) is 0.647. The van der Waals surface area contributed by atoms with Gasteiger partial charge in [0.2, 0.25) is 0 Å². The molecule has 0 aliphatic heterocycles. The molecule has 2 atom stereocenters. The zero-order valence-corrected chi connectivity index (χ0v) is 13.3. The van der Waals surface area contributed by atoms with E-state index in [0.717, 1.165) is 32.7 Å². The third-order valence-electron chi connectivity index (χ3n) is 3.70. The van der Waals surface area contributed by atoms with Gasteiger partial charge in [0.15, 0.2) is 0 Å². The Hall–Kier alpha value is -0.900. The van der Waals surface area contributed by atoms with Crippen LogP contribution in [0.4, 0.5) is 0 Å². The summed E-state index contributed by atoms with van der Waals surface area (Å²) < 4.78 is 10.4. The van der Waals surface area contributed by atoms with Crippen LogP contribution in [-0.4, -0.2) is 40.5 Å². The van der Waals surface area contributed by atoms with Gasteiger partial charge in [-0.25, -0.2) is 0 Å². The lowest BCUT2D eigenvalue weighted by Gasteiger charge is -2.24. The Morgan fingerprint density at radius 2 is 2.00 bits per heavy atom. The summed E-state index contributed by atoms with van der Waals surface area (Å²) in [5, 5.41) is 3.48. The minimum absolute atomic E-state index is 0.538. The molecule has 0 aliphatic rings. The van der Waals surface area contributed by atoms with Crippen molar-refractivity contribution in [2.45, 2.75) is 20.3 Å². The molecule has 0 saturated heterocycles. The molecule has 0 amide bonds. The molecule has 1 aromatic rings. The Labute approximate surface area is 123 Å². The molecule has 0 radical (unpaired) electrons. The zero-order valence-electron chi connectivity index (χ0n) is 13.3. The maximum atomic E-state index is 5.32. The second kappa shape index (κ2) is 9.92. The van der Waals surface area contributed by atoms with Gasteiger partial charge in [-0.3, -0.25) is 0 Å². The van der Waals surface area contributed by atoms with Gasteiger partial charge in [-0.05, 0) is 37.3 Å². The molecule has 114 valence electrons. The van der Waals surface area contributed by atoms with Gasteiger partial charge < -0.3 is 14.8 Å². The first-order chi connectivity index (χ1) is 9.67. The fourth-order valence-corrected chi connectivity index (χ4v) is 2.48. The molecule has 0 bridgehead atoms. The number of hydrogen-bond donors (Lipinski definition) is 1. The van der Waals surface area contributed by atoms with Crippen molar-refractivity contribution in [2.24, 2.45) is 11.8 Å². The van der Waals surface area contributed by atoms with E-state index in [-0.39, 0.29) is 0 Å². The minimum Gasteiger partial charge on any atom is -0.384 e. The molecule has 1 aromatic carbocycles. The van der Waals surface area contributed by atoms with Gasteiger partial charge >= 0.3 is 0 Å². The first-order valence-corrected chi connectivity index (χ1v) is 7.41. The zero-order chi connectivity index (χ0) is 14.8. The van der Waals surface area contributed by atoms with Crippen LogP contribution in [0.15, 0.2) is 24.3 Å². The first kappa shape index (κ1) is 17.2. The van der Waals surface area contributed by atoms with Gasteiger partial charge in [-0.1, -0.05) is 36.8 Å². The minimum atomic E-state index is 0.538. The molecule has 3 nitrogen and oxygen atoms in total. The average molecular weight is 279 g/mol. The van der Waals surface area contributed by atoms with E-state index in [2.05, 4.69) is 43.4 Å².